The van der Waals surface area contributed by atoms with Crippen LogP contribution in [0.15, 0.2) is 58.2 Å². The first-order valence-electron chi connectivity index (χ1n) is 10.1. The molecule has 0 spiro atoms. The maximum Gasteiger partial charge on any atom is 0.277 e. The van der Waals surface area contributed by atoms with Crippen LogP contribution in [0.2, 0.25) is 0 Å². The molecule has 1 saturated heterocycles. The third-order valence-corrected chi connectivity index (χ3v) is 6.11. The summed E-state index contributed by atoms with van der Waals surface area (Å²) in [6.45, 7) is 2.63. The summed E-state index contributed by atoms with van der Waals surface area (Å²) in [5.74, 6) is -0.352. The second-order valence-electron chi connectivity index (χ2n) is 7.48. The number of nitrogens with zero attached hydrogens (tertiary/aromatic N) is 3. The second-order valence-corrected chi connectivity index (χ2v) is 8.41. The van der Waals surface area contributed by atoms with Crippen molar-refractivity contribution in [1.29, 1.82) is 0 Å². The molecule has 8 heteroatoms. The molecule has 0 saturated carbocycles. The summed E-state index contributed by atoms with van der Waals surface area (Å²) in [4.78, 5) is 27.3. The number of benzene rings is 2. The van der Waals surface area contributed by atoms with E-state index < -0.39 is 5.82 Å². The van der Waals surface area contributed by atoms with E-state index in [9.17, 15) is 14.0 Å². The smallest absolute Gasteiger partial charge is 0.277 e. The topological polar surface area (TPSA) is 76.3 Å². The normalized spacial score (nSPS) is 16.3. The number of thioether (sulfide) groups is 1. The molecule has 1 atom stereocenters. The van der Waals surface area contributed by atoms with Gasteiger partial charge in [0.2, 0.25) is 11.8 Å². The molecular weight excluding hydrogens is 417 g/mol. The van der Waals surface area contributed by atoms with Gasteiger partial charge in [-0.1, -0.05) is 54.2 Å². The van der Waals surface area contributed by atoms with Crippen LogP contribution < -0.4 is 0 Å². The van der Waals surface area contributed by atoms with Gasteiger partial charge < -0.3 is 9.32 Å². The van der Waals surface area contributed by atoms with Gasteiger partial charge in [-0.25, -0.2) is 4.39 Å². The van der Waals surface area contributed by atoms with Crippen molar-refractivity contribution in [1.82, 2.24) is 15.1 Å². The van der Waals surface area contributed by atoms with E-state index in [1.165, 1.54) is 17.8 Å². The molecule has 1 aromatic heterocycles. The number of aryl methyl sites for hydroxylation is 1. The van der Waals surface area contributed by atoms with Crippen LogP contribution in [0.1, 0.15) is 29.1 Å². The van der Waals surface area contributed by atoms with Crippen molar-refractivity contribution in [2.45, 2.75) is 25.0 Å². The first-order valence-corrected chi connectivity index (χ1v) is 11.1. The quantitative estimate of drug-likeness (QED) is 0.419. The van der Waals surface area contributed by atoms with Gasteiger partial charge in [0.25, 0.3) is 5.22 Å². The highest BCUT2D eigenvalue weighted by Gasteiger charge is 2.29. The monoisotopic (exact) mass is 439 g/mol. The molecule has 0 unspecified atom stereocenters. The SMILES string of the molecule is Cc1nnc(SCC(=O)N2CCC[C@H](C(=O)c3ccc(-c4ccccc4)c(F)c3)C2)o1. The number of Topliss-reactive ketones (excluding diaryl/α,β-unsaturated/α-hetero) is 1. The first kappa shape index (κ1) is 21.2. The number of amides is 1. The van der Waals surface area contributed by atoms with Gasteiger partial charge in [-0.3, -0.25) is 9.59 Å². The van der Waals surface area contributed by atoms with Crippen LogP contribution in [0.3, 0.4) is 0 Å². The molecule has 1 amide bonds. The van der Waals surface area contributed by atoms with Crippen LogP contribution in [-0.2, 0) is 4.79 Å². The number of hydrogen-bond donors (Lipinski definition) is 0. The number of hydrogen-bond acceptors (Lipinski definition) is 6. The van der Waals surface area contributed by atoms with Gasteiger partial charge in [0, 0.05) is 37.1 Å². The molecule has 1 aliphatic heterocycles. The zero-order valence-electron chi connectivity index (χ0n) is 17.1. The number of piperidine rings is 1. The van der Waals surface area contributed by atoms with E-state index in [0.717, 1.165) is 12.0 Å². The van der Waals surface area contributed by atoms with Crippen molar-refractivity contribution in [3.8, 4) is 11.1 Å². The lowest BCUT2D eigenvalue weighted by molar-refractivity contribution is -0.129. The number of halogens is 1. The predicted molar refractivity (Wildman–Crippen MR) is 115 cm³/mol. The second kappa shape index (κ2) is 9.43. The lowest BCUT2D eigenvalue weighted by Gasteiger charge is -2.32. The summed E-state index contributed by atoms with van der Waals surface area (Å²) in [6.07, 6.45) is 1.41. The Bertz CT molecular complexity index is 1090. The predicted octanol–water partition coefficient (Wildman–Crippen LogP) is 4.40. The van der Waals surface area contributed by atoms with Crippen LogP contribution in [0.5, 0.6) is 0 Å². The minimum Gasteiger partial charge on any atom is -0.416 e. The number of carbonyl (C=O) groups is 2. The van der Waals surface area contributed by atoms with Gasteiger partial charge >= 0.3 is 0 Å². The Kier molecular flexibility index (Phi) is 6.46. The van der Waals surface area contributed by atoms with Crippen molar-refractivity contribution < 1.29 is 18.4 Å². The van der Waals surface area contributed by atoms with E-state index in [1.807, 2.05) is 30.3 Å². The Morgan fingerprint density at radius 2 is 2.00 bits per heavy atom. The lowest BCUT2D eigenvalue weighted by atomic mass is 9.89. The summed E-state index contributed by atoms with van der Waals surface area (Å²) in [7, 11) is 0. The molecule has 0 radical (unpaired) electrons. The van der Waals surface area contributed by atoms with E-state index >= 15 is 0 Å². The highest BCUT2D eigenvalue weighted by atomic mass is 32.2. The van der Waals surface area contributed by atoms with Crippen molar-refractivity contribution in [3.63, 3.8) is 0 Å². The molecule has 2 aromatic carbocycles. The summed E-state index contributed by atoms with van der Waals surface area (Å²) < 4.78 is 20.0. The van der Waals surface area contributed by atoms with Gasteiger partial charge in [0.05, 0.1) is 5.75 Å². The lowest BCUT2D eigenvalue weighted by Crippen LogP contribution is -2.43. The summed E-state index contributed by atoms with van der Waals surface area (Å²) in [5, 5.41) is 7.96. The van der Waals surface area contributed by atoms with Gasteiger partial charge in [-0.05, 0) is 24.5 Å². The third-order valence-electron chi connectivity index (χ3n) is 5.31. The third kappa shape index (κ3) is 5.02. The van der Waals surface area contributed by atoms with Crippen LogP contribution >= 0.6 is 11.8 Å². The van der Waals surface area contributed by atoms with E-state index in [0.29, 0.717) is 41.8 Å². The fourth-order valence-corrected chi connectivity index (χ4v) is 4.43. The van der Waals surface area contributed by atoms with Crippen LogP contribution in [-0.4, -0.2) is 45.6 Å². The van der Waals surface area contributed by atoms with Gasteiger partial charge in [0.15, 0.2) is 5.78 Å². The fraction of sp³-hybridized carbons (Fsp3) is 0.304. The molecule has 0 bridgehead atoms. The standard InChI is InChI=1S/C23H22FN3O3S/c1-15-25-26-23(30-15)31-14-21(28)27-11-5-8-18(13-27)22(29)17-9-10-19(20(24)12-17)16-6-3-2-4-7-16/h2-4,6-7,9-10,12,18H,5,8,11,13-14H2,1H3/t18-/m0/s1. The molecule has 0 N–H and O–H groups in total. The number of rotatable bonds is 6. The molecule has 160 valence electrons. The van der Waals surface area contributed by atoms with Crippen LogP contribution in [0.25, 0.3) is 11.1 Å². The molecule has 31 heavy (non-hydrogen) atoms. The Morgan fingerprint density at radius 1 is 1.19 bits per heavy atom. The van der Waals surface area contributed by atoms with Crippen molar-refractivity contribution in [2.75, 3.05) is 18.8 Å². The van der Waals surface area contributed by atoms with Crippen molar-refractivity contribution >= 4 is 23.5 Å². The molecule has 4 rings (SSSR count). The number of aromatic nitrogens is 2. The van der Waals surface area contributed by atoms with Gasteiger partial charge in [0.1, 0.15) is 5.82 Å². The number of likely N-dealkylation sites (tertiary alicyclic amines) is 1. The molecule has 3 aromatic rings. The number of carbonyl (C=O) groups excluding carboxylic acids is 2. The average Bonchev–Trinajstić information content (AvgIpc) is 3.22. The molecule has 1 aliphatic rings. The molecular formula is C23H22FN3O3S. The molecule has 2 heterocycles. The Labute approximate surface area is 183 Å². The summed E-state index contributed by atoms with van der Waals surface area (Å²) in [6, 6.07) is 13.8. The largest absolute Gasteiger partial charge is 0.416 e. The Morgan fingerprint density at radius 3 is 2.71 bits per heavy atom. The van der Waals surface area contributed by atoms with Gasteiger partial charge in [-0.15, -0.1) is 10.2 Å². The molecule has 0 aliphatic carbocycles. The first-order chi connectivity index (χ1) is 15.0. The fourth-order valence-electron chi connectivity index (χ4n) is 3.73. The highest BCUT2D eigenvalue weighted by Crippen LogP contribution is 2.27. The van der Waals surface area contributed by atoms with Crippen LogP contribution in [0.4, 0.5) is 4.39 Å². The molecule has 6 nitrogen and oxygen atoms in total. The van der Waals surface area contributed by atoms with E-state index in [-0.39, 0.29) is 23.4 Å². The van der Waals surface area contributed by atoms with Crippen molar-refractivity contribution in [2.24, 2.45) is 5.92 Å². The zero-order chi connectivity index (χ0) is 21.8. The Balaban J connectivity index is 1.40. The maximum atomic E-state index is 14.7. The van der Waals surface area contributed by atoms with Gasteiger partial charge in [-0.2, -0.15) is 0 Å². The minimum absolute atomic E-state index is 0.0797. The highest BCUT2D eigenvalue weighted by molar-refractivity contribution is 7.99. The van der Waals surface area contributed by atoms with E-state index in [1.54, 1.807) is 24.0 Å². The minimum atomic E-state index is -0.424. The van der Waals surface area contributed by atoms with Crippen molar-refractivity contribution in [3.05, 3.63) is 65.8 Å². The maximum absolute atomic E-state index is 14.7. The van der Waals surface area contributed by atoms with E-state index in [4.69, 9.17) is 4.42 Å². The van der Waals surface area contributed by atoms with Crippen LogP contribution in [0, 0.1) is 18.7 Å². The molecule has 1 fully saturated rings. The average molecular weight is 440 g/mol. The number of ketones is 1. The Hall–Kier alpha value is -3.00. The summed E-state index contributed by atoms with van der Waals surface area (Å²) in [5.41, 5.74) is 1.57. The summed E-state index contributed by atoms with van der Waals surface area (Å²) >= 11 is 1.18. The van der Waals surface area contributed by atoms with E-state index in [2.05, 4.69) is 10.2 Å². The zero-order valence-corrected chi connectivity index (χ0v) is 17.9.